The Kier molecular flexibility index (Phi) is 4.32. The molecule has 0 aliphatic heterocycles. The zero-order valence-electron chi connectivity index (χ0n) is 7.97. The molecule has 0 saturated heterocycles. The van der Waals surface area contributed by atoms with Crippen LogP contribution in [0.2, 0.25) is 0 Å². The topological polar surface area (TPSA) is 21.3 Å². The van der Waals surface area contributed by atoms with E-state index in [1.807, 2.05) is 31.2 Å². The van der Waals surface area contributed by atoms with E-state index in [0.29, 0.717) is 6.54 Å². The van der Waals surface area contributed by atoms with Crippen molar-refractivity contribution in [2.45, 2.75) is 13.5 Å². The SMILES string of the molecule is Cc1ccc(NCCOC(F)F)cc1. The Labute approximate surface area is 81.9 Å². The van der Waals surface area contributed by atoms with Gasteiger partial charge in [0.25, 0.3) is 0 Å². The number of nitrogens with one attached hydrogen (secondary N) is 1. The molecular weight excluding hydrogens is 188 g/mol. The fourth-order valence-electron chi connectivity index (χ4n) is 1.01. The van der Waals surface area contributed by atoms with E-state index < -0.39 is 6.61 Å². The molecule has 0 aromatic heterocycles. The van der Waals surface area contributed by atoms with Crippen molar-refractivity contribution in [3.63, 3.8) is 0 Å². The Morgan fingerprint density at radius 1 is 1.29 bits per heavy atom. The van der Waals surface area contributed by atoms with Gasteiger partial charge in [-0.25, -0.2) is 0 Å². The van der Waals surface area contributed by atoms with Gasteiger partial charge in [-0.3, -0.25) is 0 Å². The first-order valence-electron chi connectivity index (χ1n) is 4.39. The Balaban J connectivity index is 2.21. The summed E-state index contributed by atoms with van der Waals surface area (Å²) >= 11 is 0. The van der Waals surface area contributed by atoms with Gasteiger partial charge in [0.2, 0.25) is 0 Å². The van der Waals surface area contributed by atoms with E-state index in [-0.39, 0.29) is 6.61 Å². The maximum atomic E-state index is 11.6. The minimum absolute atomic E-state index is 0.00550. The lowest BCUT2D eigenvalue weighted by Crippen LogP contribution is -2.11. The molecule has 0 amide bonds. The highest BCUT2D eigenvalue weighted by Crippen LogP contribution is 2.07. The molecular formula is C10H13F2NO. The van der Waals surface area contributed by atoms with Crippen molar-refractivity contribution in [2.75, 3.05) is 18.5 Å². The molecule has 0 heterocycles. The average molecular weight is 201 g/mol. The monoisotopic (exact) mass is 201 g/mol. The third kappa shape index (κ3) is 4.18. The second-order valence-electron chi connectivity index (χ2n) is 2.92. The number of anilines is 1. The smallest absolute Gasteiger partial charge is 0.345 e. The van der Waals surface area contributed by atoms with Crippen LogP contribution in [-0.4, -0.2) is 19.8 Å². The van der Waals surface area contributed by atoms with Gasteiger partial charge in [-0.15, -0.1) is 0 Å². The molecule has 0 spiro atoms. The maximum Gasteiger partial charge on any atom is 0.345 e. The van der Waals surface area contributed by atoms with Crippen LogP contribution in [0.15, 0.2) is 24.3 Å². The standard InChI is InChI=1S/C10H13F2NO/c1-8-2-4-9(5-3-8)13-6-7-14-10(11)12/h2-5,10,13H,6-7H2,1H3. The number of alkyl halides is 2. The van der Waals surface area contributed by atoms with Gasteiger partial charge in [-0.2, -0.15) is 8.78 Å². The van der Waals surface area contributed by atoms with Crippen molar-refractivity contribution in [1.82, 2.24) is 0 Å². The Morgan fingerprint density at radius 2 is 1.93 bits per heavy atom. The van der Waals surface area contributed by atoms with E-state index in [0.717, 1.165) is 5.69 Å². The zero-order valence-corrected chi connectivity index (χ0v) is 7.97. The molecule has 0 unspecified atom stereocenters. The summed E-state index contributed by atoms with van der Waals surface area (Å²) < 4.78 is 27.2. The van der Waals surface area contributed by atoms with Crippen LogP contribution in [0, 0.1) is 6.92 Å². The second kappa shape index (κ2) is 5.54. The van der Waals surface area contributed by atoms with Crippen LogP contribution in [0.3, 0.4) is 0 Å². The molecule has 0 bridgehead atoms. The summed E-state index contributed by atoms with van der Waals surface area (Å²) in [5, 5.41) is 2.97. The number of hydrogen-bond acceptors (Lipinski definition) is 2. The molecule has 0 saturated carbocycles. The third-order valence-corrected chi connectivity index (χ3v) is 1.73. The lowest BCUT2D eigenvalue weighted by atomic mass is 10.2. The summed E-state index contributed by atoms with van der Waals surface area (Å²) in [4.78, 5) is 0. The molecule has 0 aliphatic carbocycles. The summed E-state index contributed by atoms with van der Waals surface area (Å²) in [7, 11) is 0. The highest BCUT2D eigenvalue weighted by Gasteiger charge is 1.99. The van der Waals surface area contributed by atoms with Gasteiger partial charge >= 0.3 is 6.61 Å². The number of halogens is 2. The van der Waals surface area contributed by atoms with Crippen molar-refractivity contribution in [2.24, 2.45) is 0 Å². The van der Waals surface area contributed by atoms with E-state index >= 15 is 0 Å². The molecule has 1 N–H and O–H groups in total. The minimum atomic E-state index is -2.69. The fourth-order valence-corrected chi connectivity index (χ4v) is 1.01. The van der Waals surface area contributed by atoms with Gasteiger partial charge in [0, 0.05) is 12.2 Å². The first-order chi connectivity index (χ1) is 6.68. The van der Waals surface area contributed by atoms with E-state index in [4.69, 9.17) is 0 Å². The number of hydrogen-bond donors (Lipinski definition) is 1. The van der Waals surface area contributed by atoms with E-state index in [9.17, 15) is 8.78 Å². The van der Waals surface area contributed by atoms with Gasteiger partial charge in [0.1, 0.15) is 0 Å². The lowest BCUT2D eigenvalue weighted by molar-refractivity contribution is -0.125. The molecule has 14 heavy (non-hydrogen) atoms. The van der Waals surface area contributed by atoms with Crippen molar-refractivity contribution in [1.29, 1.82) is 0 Å². The molecule has 0 atom stereocenters. The molecule has 0 fully saturated rings. The summed E-state index contributed by atoms with van der Waals surface area (Å²) in [5.74, 6) is 0. The number of rotatable bonds is 5. The van der Waals surface area contributed by atoms with Crippen LogP contribution in [0.5, 0.6) is 0 Å². The summed E-state index contributed by atoms with van der Waals surface area (Å²) in [6.07, 6.45) is 0. The summed E-state index contributed by atoms with van der Waals surface area (Å²) in [6.45, 7) is -0.308. The highest BCUT2D eigenvalue weighted by atomic mass is 19.3. The first kappa shape index (κ1) is 10.9. The quantitative estimate of drug-likeness (QED) is 0.739. The van der Waals surface area contributed by atoms with E-state index in [1.165, 1.54) is 5.56 Å². The normalized spacial score (nSPS) is 10.6. The maximum absolute atomic E-state index is 11.6. The first-order valence-corrected chi connectivity index (χ1v) is 4.39. The van der Waals surface area contributed by atoms with Gasteiger partial charge < -0.3 is 10.1 Å². The van der Waals surface area contributed by atoms with Gasteiger partial charge in [0.15, 0.2) is 0 Å². The van der Waals surface area contributed by atoms with Crippen molar-refractivity contribution < 1.29 is 13.5 Å². The molecule has 0 aliphatic rings. The van der Waals surface area contributed by atoms with Crippen LogP contribution < -0.4 is 5.32 Å². The number of ether oxygens (including phenoxy) is 1. The molecule has 78 valence electrons. The summed E-state index contributed by atoms with van der Waals surface area (Å²) in [6, 6.07) is 7.71. The number of benzene rings is 1. The largest absolute Gasteiger partial charge is 0.383 e. The van der Waals surface area contributed by atoms with E-state index in [1.54, 1.807) is 0 Å². The van der Waals surface area contributed by atoms with Gasteiger partial charge in [-0.1, -0.05) is 17.7 Å². The number of aryl methyl sites for hydroxylation is 1. The molecule has 1 rings (SSSR count). The zero-order chi connectivity index (χ0) is 10.4. The molecule has 1 aromatic rings. The van der Waals surface area contributed by atoms with Crippen LogP contribution in [0.1, 0.15) is 5.56 Å². The molecule has 2 nitrogen and oxygen atoms in total. The molecule has 4 heteroatoms. The van der Waals surface area contributed by atoms with Crippen molar-refractivity contribution in [3.05, 3.63) is 29.8 Å². The average Bonchev–Trinajstić information content (AvgIpc) is 2.15. The summed E-state index contributed by atoms with van der Waals surface area (Å²) in [5.41, 5.74) is 2.08. The van der Waals surface area contributed by atoms with E-state index in [2.05, 4.69) is 10.1 Å². The Morgan fingerprint density at radius 3 is 2.50 bits per heavy atom. The minimum Gasteiger partial charge on any atom is -0.383 e. The van der Waals surface area contributed by atoms with Crippen LogP contribution >= 0.6 is 0 Å². The van der Waals surface area contributed by atoms with Crippen LogP contribution in [0.4, 0.5) is 14.5 Å². The highest BCUT2D eigenvalue weighted by molar-refractivity contribution is 5.44. The molecule has 1 aromatic carbocycles. The third-order valence-electron chi connectivity index (χ3n) is 1.73. The predicted molar refractivity (Wildman–Crippen MR) is 51.6 cm³/mol. The van der Waals surface area contributed by atoms with Gasteiger partial charge in [0.05, 0.1) is 6.61 Å². The fraction of sp³-hybridized carbons (Fsp3) is 0.400. The predicted octanol–water partition coefficient (Wildman–Crippen LogP) is 2.65. The molecule has 0 radical (unpaired) electrons. The Bertz CT molecular complexity index is 261. The van der Waals surface area contributed by atoms with Crippen molar-refractivity contribution >= 4 is 5.69 Å². The Hall–Kier alpha value is -1.16. The lowest BCUT2D eigenvalue weighted by Gasteiger charge is -2.06. The van der Waals surface area contributed by atoms with Gasteiger partial charge in [-0.05, 0) is 19.1 Å². The van der Waals surface area contributed by atoms with Crippen LogP contribution in [-0.2, 0) is 4.74 Å². The van der Waals surface area contributed by atoms with Crippen molar-refractivity contribution in [3.8, 4) is 0 Å². The van der Waals surface area contributed by atoms with Crippen LogP contribution in [0.25, 0.3) is 0 Å². The second-order valence-corrected chi connectivity index (χ2v) is 2.92.